The van der Waals surface area contributed by atoms with E-state index >= 15 is 0 Å². The zero-order valence-electron chi connectivity index (χ0n) is 12.7. The lowest BCUT2D eigenvalue weighted by molar-refractivity contribution is 0.0917. The molecule has 1 amide bonds. The third-order valence-electron chi connectivity index (χ3n) is 3.81. The van der Waals surface area contributed by atoms with Crippen LogP contribution in [0.3, 0.4) is 0 Å². The Morgan fingerprint density at radius 2 is 1.88 bits per heavy atom. The Balaban J connectivity index is 1.75. The van der Waals surface area contributed by atoms with Crippen LogP contribution in [0.25, 0.3) is 10.8 Å². The number of hydrogen-bond donors (Lipinski definition) is 2. The van der Waals surface area contributed by atoms with Crippen LogP contribution in [0.2, 0.25) is 5.02 Å². The van der Waals surface area contributed by atoms with Gasteiger partial charge in [-0.05, 0) is 34.5 Å². The molecule has 1 atom stereocenters. The van der Waals surface area contributed by atoms with Crippen LogP contribution in [-0.2, 0) is 0 Å². The van der Waals surface area contributed by atoms with Crippen molar-refractivity contribution < 1.29 is 14.3 Å². The first-order valence-corrected chi connectivity index (χ1v) is 7.83. The summed E-state index contributed by atoms with van der Waals surface area (Å²) < 4.78 is 13.0. The van der Waals surface area contributed by atoms with E-state index in [9.17, 15) is 14.3 Å². The Bertz CT molecular complexity index is 892. The summed E-state index contributed by atoms with van der Waals surface area (Å²) in [5, 5.41) is 15.0. The lowest BCUT2D eigenvalue weighted by atomic mass is 10.0. The van der Waals surface area contributed by atoms with Gasteiger partial charge in [0, 0.05) is 6.54 Å². The van der Waals surface area contributed by atoms with E-state index in [1.165, 1.54) is 12.1 Å². The van der Waals surface area contributed by atoms with Gasteiger partial charge in [0.1, 0.15) is 5.82 Å². The molecular formula is C19H15ClFNO2. The van der Waals surface area contributed by atoms with Crippen LogP contribution in [0.1, 0.15) is 22.0 Å². The van der Waals surface area contributed by atoms with Crippen molar-refractivity contribution in [1.82, 2.24) is 5.32 Å². The lowest BCUT2D eigenvalue weighted by Crippen LogP contribution is -2.28. The molecule has 0 bridgehead atoms. The monoisotopic (exact) mass is 343 g/mol. The fourth-order valence-corrected chi connectivity index (χ4v) is 2.86. The van der Waals surface area contributed by atoms with Gasteiger partial charge in [0.15, 0.2) is 0 Å². The van der Waals surface area contributed by atoms with Crippen LogP contribution in [-0.4, -0.2) is 17.6 Å². The second-order valence-corrected chi connectivity index (χ2v) is 5.83. The first kappa shape index (κ1) is 16.4. The average molecular weight is 344 g/mol. The number of amides is 1. The summed E-state index contributed by atoms with van der Waals surface area (Å²) in [7, 11) is 0. The standard InChI is InChI=1S/C19H15ClFNO2/c20-17-10-13(21)8-9-16(17)19(24)22-11-18(23)15-7-3-5-12-4-1-2-6-14(12)15/h1-10,18,23H,11H2,(H,22,24). The van der Waals surface area contributed by atoms with Gasteiger partial charge in [-0.2, -0.15) is 0 Å². The minimum Gasteiger partial charge on any atom is -0.387 e. The van der Waals surface area contributed by atoms with Crippen LogP contribution in [0.5, 0.6) is 0 Å². The molecule has 1 unspecified atom stereocenters. The largest absolute Gasteiger partial charge is 0.387 e. The van der Waals surface area contributed by atoms with E-state index in [-0.39, 0.29) is 17.1 Å². The molecule has 0 saturated carbocycles. The highest BCUT2D eigenvalue weighted by Crippen LogP contribution is 2.24. The molecular weight excluding hydrogens is 329 g/mol. The van der Waals surface area contributed by atoms with Crippen molar-refractivity contribution >= 4 is 28.3 Å². The molecule has 0 heterocycles. The van der Waals surface area contributed by atoms with Gasteiger partial charge in [-0.1, -0.05) is 54.1 Å². The molecule has 0 aliphatic heterocycles. The van der Waals surface area contributed by atoms with Crippen molar-refractivity contribution in [2.24, 2.45) is 0 Å². The maximum atomic E-state index is 13.0. The smallest absolute Gasteiger partial charge is 0.252 e. The Hall–Kier alpha value is -2.43. The fourth-order valence-electron chi connectivity index (χ4n) is 2.61. The van der Waals surface area contributed by atoms with Gasteiger partial charge >= 0.3 is 0 Å². The summed E-state index contributed by atoms with van der Waals surface area (Å²) in [5.74, 6) is -0.966. The van der Waals surface area contributed by atoms with E-state index in [2.05, 4.69) is 5.32 Å². The highest BCUT2D eigenvalue weighted by Gasteiger charge is 2.15. The normalized spacial score (nSPS) is 12.1. The molecule has 122 valence electrons. The third-order valence-corrected chi connectivity index (χ3v) is 4.13. The summed E-state index contributed by atoms with van der Waals surface area (Å²) >= 11 is 5.87. The Morgan fingerprint density at radius 3 is 2.67 bits per heavy atom. The highest BCUT2D eigenvalue weighted by molar-refractivity contribution is 6.33. The molecule has 3 aromatic carbocycles. The van der Waals surface area contributed by atoms with Gasteiger partial charge < -0.3 is 10.4 Å². The number of aliphatic hydroxyl groups is 1. The summed E-state index contributed by atoms with van der Waals surface area (Å²) in [6, 6.07) is 16.9. The predicted octanol–water partition coefficient (Wildman–Crippen LogP) is 4.10. The van der Waals surface area contributed by atoms with Gasteiger partial charge in [0.2, 0.25) is 0 Å². The summed E-state index contributed by atoms with van der Waals surface area (Å²) in [4.78, 5) is 12.1. The minimum absolute atomic E-state index is 0.0283. The molecule has 3 nitrogen and oxygen atoms in total. The molecule has 5 heteroatoms. The average Bonchev–Trinajstić information content (AvgIpc) is 2.59. The van der Waals surface area contributed by atoms with Crippen molar-refractivity contribution in [2.75, 3.05) is 6.54 Å². The third kappa shape index (κ3) is 3.40. The topological polar surface area (TPSA) is 49.3 Å². The number of halogens is 2. The van der Waals surface area contributed by atoms with E-state index in [1.54, 1.807) is 0 Å². The van der Waals surface area contributed by atoms with Crippen LogP contribution in [0.4, 0.5) is 4.39 Å². The molecule has 0 aliphatic rings. The van der Waals surface area contributed by atoms with Crippen LogP contribution in [0, 0.1) is 5.82 Å². The quantitative estimate of drug-likeness (QED) is 0.749. The molecule has 0 saturated heterocycles. The molecule has 0 spiro atoms. The molecule has 24 heavy (non-hydrogen) atoms. The molecule has 3 aromatic rings. The zero-order valence-corrected chi connectivity index (χ0v) is 13.4. The number of aliphatic hydroxyl groups excluding tert-OH is 1. The molecule has 0 aliphatic carbocycles. The van der Waals surface area contributed by atoms with Gasteiger partial charge in [0.25, 0.3) is 5.91 Å². The van der Waals surface area contributed by atoms with E-state index in [0.29, 0.717) is 0 Å². The number of rotatable bonds is 4. The summed E-state index contributed by atoms with van der Waals surface area (Å²) in [6.07, 6.45) is -0.862. The van der Waals surface area contributed by atoms with Crippen molar-refractivity contribution in [3.63, 3.8) is 0 Å². The first-order chi connectivity index (χ1) is 11.6. The number of carbonyl (C=O) groups excluding carboxylic acids is 1. The molecule has 0 fully saturated rings. The van der Waals surface area contributed by atoms with E-state index < -0.39 is 17.8 Å². The minimum atomic E-state index is -0.862. The maximum Gasteiger partial charge on any atom is 0.252 e. The van der Waals surface area contributed by atoms with Gasteiger partial charge in [0.05, 0.1) is 16.7 Å². The first-order valence-electron chi connectivity index (χ1n) is 7.45. The van der Waals surface area contributed by atoms with Crippen molar-refractivity contribution in [1.29, 1.82) is 0 Å². The predicted molar refractivity (Wildman–Crippen MR) is 92.7 cm³/mol. The maximum absolute atomic E-state index is 13.0. The van der Waals surface area contributed by atoms with Crippen LogP contribution >= 0.6 is 11.6 Å². The van der Waals surface area contributed by atoms with Gasteiger partial charge in [-0.15, -0.1) is 0 Å². The number of carbonyl (C=O) groups is 1. The Morgan fingerprint density at radius 1 is 1.12 bits per heavy atom. The highest BCUT2D eigenvalue weighted by atomic mass is 35.5. The number of benzene rings is 3. The summed E-state index contributed by atoms with van der Waals surface area (Å²) in [6.45, 7) is 0.0283. The zero-order chi connectivity index (χ0) is 17.1. The second-order valence-electron chi connectivity index (χ2n) is 5.42. The molecule has 0 radical (unpaired) electrons. The molecule has 2 N–H and O–H groups in total. The number of fused-ring (bicyclic) bond motifs is 1. The second kappa shape index (κ2) is 6.99. The SMILES string of the molecule is O=C(NCC(O)c1cccc2ccccc12)c1ccc(F)cc1Cl. The molecule has 3 rings (SSSR count). The van der Waals surface area contributed by atoms with E-state index in [1.807, 2.05) is 42.5 Å². The van der Waals surface area contributed by atoms with E-state index in [4.69, 9.17) is 11.6 Å². The van der Waals surface area contributed by atoms with Gasteiger partial charge in [-0.3, -0.25) is 4.79 Å². The van der Waals surface area contributed by atoms with Crippen molar-refractivity contribution in [3.05, 3.63) is 82.6 Å². The molecule has 0 aromatic heterocycles. The van der Waals surface area contributed by atoms with Gasteiger partial charge in [-0.25, -0.2) is 4.39 Å². The Kier molecular flexibility index (Phi) is 4.79. The van der Waals surface area contributed by atoms with Crippen molar-refractivity contribution in [3.8, 4) is 0 Å². The fraction of sp³-hybridized carbons (Fsp3) is 0.105. The van der Waals surface area contributed by atoms with Crippen LogP contribution < -0.4 is 5.32 Å². The van der Waals surface area contributed by atoms with Crippen LogP contribution in [0.15, 0.2) is 60.7 Å². The number of nitrogens with one attached hydrogen (secondary N) is 1. The number of hydrogen-bond acceptors (Lipinski definition) is 2. The summed E-state index contributed by atoms with van der Waals surface area (Å²) in [5.41, 5.74) is 0.904. The lowest BCUT2D eigenvalue weighted by Gasteiger charge is -2.15. The van der Waals surface area contributed by atoms with E-state index in [0.717, 1.165) is 22.4 Å². The Labute approximate surface area is 143 Å². The van der Waals surface area contributed by atoms with Crippen molar-refractivity contribution in [2.45, 2.75) is 6.10 Å².